The van der Waals surface area contributed by atoms with E-state index in [0.29, 0.717) is 23.5 Å². The number of aromatic nitrogens is 4. The average molecular weight is 451 g/mol. The van der Waals surface area contributed by atoms with E-state index in [1.54, 1.807) is 12.1 Å². The van der Waals surface area contributed by atoms with Gasteiger partial charge in [-0.15, -0.1) is 11.3 Å². The van der Waals surface area contributed by atoms with E-state index in [4.69, 9.17) is 4.74 Å². The molecule has 1 aliphatic rings. The van der Waals surface area contributed by atoms with Crippen LogP contribution in [-0.4, -0.2) is 32.3 Å². The number of hydrogen-bond acceptors (Lipinski definition) is 6. The number of amides is 1. The van der Waals surface area contributed by atoms with E-state index in [1.807, 2.05) is 17.5 Å². The molecule has 0 unspecified atom stereocenters. The minimum Gasteiger partial charge on any atom is -0.481 e. The van der Waals surface area contributed by atoms with Gasteiger partial charge < -0.3 is 10.1 Å². The van der Waals surface area contributed by atoms with Gasteiger partial charge in [-0.2, -0.15) is 9.78 Å². The summed E-state index contributed by atoms with van der Waals surface area (Å²) in [6.45, 7) is -0.394. The monoisotopic (exact) mass is 451 g/mol. The van der Waals surface area contributed by atoms with Gasteiger partial charge in [0.25, 0.3) is 11.5 Å². The Morgan fingerprint density at radius 1 is 1.25 bits per heavy atom. The van der Waals surface area contributed by atoms with Crippen LogP contribution in [-0.2, 0) is 17.6 Å². The van der Waals surface area contributed by atoms with Crippen molar-refractivity contribution in [1.29, 1.82) is 0 Å². The minimum atomic E-state index is -0.551. The smallest absolute Gasteiger partial charge is 0.263 e. The van der Waals surface area contributed by atoms with Crippen molar-refractivity contribution in [2.45, 2.75) is 19.3 Å². The fraction of sp³-hybridized carbons (Fsp3) is 0.182. The first-order valence-corrected chi connectivity index (χ1v) is 10.9. The van der Waals surface area contributed by atoms with E-state index in [9.17, 15) is 14.0 Å². The Kier molecular flexibility index (Phi) is 5.28. The summed E-state index contributed by atoms with van der Waals surface area (Å²) in [5.41, 5.74) is 1.87. The lowest BCUT2D eigenvalue weighted by Gasteiger charge is -2.10. The molecule has 4 aromatic rings. The van der Waals surface area contributed by atoms with Gasteiger partial charge in [-0.25, -0.2) is 9.37 Å². The third-order valence-corrected chi connectivity index (χ3v) is 5.97. The van der Waals surface area contributed by atoms with Crippen molar-refractivity contribution in [3.8, 4) is 22.3 Å². The van der Waals surface area contributed by atoms with Crippen LogP contribution in [0, 0.1) is 5.82 Å². The van der Waals surface area contributed by atoms with Gasteiger partial charge >= 0.3 is 0 Å². The summed E-state index contributed by atoms with van der Waals surface area (Å²) < 4.78 is 20.4. The molecule has 0 radical (unpaired) electrons. The molecule has 0 bridgehead atoms. The van der Waals surface area contributed by atoms with Gasteiger partial charge in [-0.05, 0) is 42.8 Å². The molecule has 1 aromatic carbocycles. The van der Waals surface area contributed by atoms with Crippen molar-refractivity contribution in [3.63, 3.8) is 0 Å². The van der Waals surface area contributed by atoms with E-state index in [2.05, 4.69) is 20.4 Å². The van der Waals surface area contributed by atoms with Crippen LogP contribution < -0.4 is 15.6 Å². The van der Waals surface area contributed by atoms with Crippen molar-refractivity contribution < 1.29 is 13.9 Å². The number of fused-ring (bicyclic) bond motifs is 1. The molecule has 1 aliphatic carbocycles. The Morgan fingerprint density at radius 2 is 2.12 bits per heavy atom. The lowest BCUT2D eigenvalue weighted by atomic mass is 10.3. The van der Waals surface area contributed by atoms with Gasteiger partial charge in [-0.3, -0.25) is 14.6 Å². The first kappa shape index (κ1) is 20.1. The highest BCUT2D eigenvalue weighted by Gasteiger charge is 2.21. The standard InChI is InChI=1S/C22H18FN5O3S/c23-14-6-1-2-8-17(14)31-12-20(29)25-19-11-16(18-9-4-10-32-18)27-28(19)22-24-15-7-3-5-13(15)21(30)26-22/h1-2,4,6,8-11H,3,5,7,12H2,(H,25,29)(H,24,26,30). The van der Waals surface area contributed by atoms with Crippen molar-refractivity contribution in [3.05, 3.63) is 75.3 Å². The normalized spacial score (nSPS) is 12.5. The number of halogens is 1. The highest BCUT2D eigenvalue weighted by Crippen LogP contribution is 2.28. The van der Waals surface area contributed by atoms with Crippen LogP contribution in [0.2, 0.25) is 0 Å². The molecule has 8 nitrogen and oxygen atoms in total. The number of anilines is 1. The lowest BCUT2D eigenvalue weighted by molar-refractivity contribution is -0.118. The largest absolute Gasteiger partial charge is 0.481 e. The molecule has 1 amide bonds. The summed E-state index contributed by atoms with van der Waals surface area (Å²) in [6.07, 6.45) is 2.31. The molecule has 3 heterocycles. The second-order valence-electron chi connectivity index (χ2n) is 7.24. The predicted molar refractivity (Wildman–Crippen MR) is 118 cm³/mol. The van der Waals surface area contributed by atoms with Gasteiger partial charge in [0.1, 0.15) is 11.5 Å². The van der Waals surface area contributed by atoms with Crippen LogP contribution in [0.4, 0.5) is 10.2 Å². The molecule has 32 heavy (non-hydrogen) atoms. The number of benzene rings is 1. The number of para-hydroxylation sites is 1. The van der Waals surface area contributed by atoms with Gasteiger partial charge in [0, 0.05) is 11.6 Å². The Bertz CT molecular complexity index is 1350. The summed E-state index contributed by atoms with van der Waals surface area (Å²) in [6, 6.07) is 11.4. The van der Waals surface area contributed by atoms with Gasteiger partial charge in [0.15, 0.2) is 18.2 Å². The molecule has 0 fully saturated rings. The molecule has 3 aromatic heterocycles. The van der Waals surface area contributed by atoms with E-state index < -0.39 is 18.3 Å². The molecule has 162 valence electrons. The minimum absolute atomic E-state index is 0.0138. The first-order valence-electron chi connectivity index (χ1n) is 10.0. The maximum Gasteiger partial charge on any atom is 0.263 e. The number of ether oxygens (including phenoxy) is 1. The second kappa shape index (κ2) is 8.39. The quantitative estimate of drug-likeness (QED) is 0.468. The zero-order valence-electron chi connectivity index (χ0n) is 16.8. The van der Waals surface area contributed by atoms with E-state index in [-0.39, 0.29) is 17.3 Å². The summed E-state index contributed by atoms with van der Waals surface area (Å²) >= 11 is 1.50. The number of rotatable bonds is 6. The number of H-pyrrole nitrogens is 1. The lowest BCUT2D eigenvalue weighted by Crippen LogP contribution is -2.24. The summed E-state index contributed by atoms with van der Waals surface area (Å²) in [4.78, 5) is 33.3. The third-order valence-electron chi connectivity index (χ3n) is 5.08. The van der Waals surface area contributed by atoms with Crippen molar-refractivity contribution in [2.75, 3.05) is 11.9 Å². The van der Waals surface area contributed by atoms with Gasteiger partial charge in [-0.1, -0.05) is 18.2 Å². The van der Waals surface area contributed by atoms with Crippen molar-refractivity contribution in [2.24, 2.45) is 0 Å². The average Bonchev–Trinajstić information content (AvgIpc) is 3.53. The maximum atomic E-state index is 13.7. The van der Waals surface area contributed by atoms with Crippen LogP contribution in [0.1, 0.15) is 17.7 Å². The molecular formula is C22H18FN5O3S. The number of aryl methyl sites for hydroxylation is 1. The molecule has 5 rings (SSSR count). The van der Waals surface area contributed by atoms with Crippen LogP contribution in [0.3, 0.4) is 0 Å². The SMILES string of the molecule is O=C(COc1ccccc1F)Nc1cc(-c2cccs2)nn1-c1nc2c(c(=O)[nH]1)CCC2. The molecular weight excluding hydrogens is 433 g/mol. The summed E-state index contributed by atoms with van der Waals surface area (Å²) in [5, 5.41) is 9.20. The molecule has 0 saturated carbocycles. The number of aromatic amines is 1. The predicted octanol–water partition coefficient (Wildman–Crippen LogP) is 3.33. The van der Waals surface area contributed by atoms with Gasteiger partial charge in [0.05, 0.1) is 10.6 Å². The zero-order valence-corrected chi connectivity index (χ0v) is 17.6. The highest BCUT2D eigenvalue weighted by molar-refractivity contribution is 7.13. The first-order chi connectivity index (χ1) is 15.6. The zero-order chi connectivity index (χ0) is 22.1. The Morgan fingerprint density at radius 3 is 2.94 bits per heavy atom. The highest BCUT2D eigenvalue weighted by atomic mass is 32.1. The van der Waals surface area contributed by atoms with Crippen molar-refractivity contribution >= 4 is 23.1 Å². The molecule has 2 N–H and O–H groups in total. The van der Waals surface area contributed by atoms with E-state index in [0.717, 1.165) is 23.4 Å². The topological polar surface area (TPSA) is 102 Å². The summed E-state index contributed by atoms with van der Waals surface area (Å²) in [5.74, 6) is -0.527. The van der Waals surface area contributed by atoms with Gasteiger partial charge in [0.2, 0.25) is 5.95 Å². The molecule has 0 spiro atoms. The van der Waals surface area contributed by atoms with E-state index >= 15 is 0 Å². The molecule has 0 saturated heterocycles. The number of carbonyl (C=O) groups is 1. The number of thiophene rings is 1. The molecule has 10 heteroatoms. The maximum absolute atomic E-state index is 13.7. The van der Waals surface area contributed by atoms with E-state index in [1.165, 1.54) is 34.2 Å². The van der Waals surface area contributed by atoms with Crippen LogP contribution in [0.15, 0.2) is 52.6 Å². The Labute approximate surface area is 185 Å². The second-order valence-corrected chi connectivity index (χ2v) is 8.19. The van der Waals surface area contributed by atoms with Crippen molar-refractivity contribution in [1.82, 2.24) is 19.7 Å². The molecule has 0 atom stereocenters. The third kappa shape index (κ3) is 3.92. The Balaban J connectivity index is 1.45. The fourth-order valence-corrected chi connectivity index (χ4v) is 4.27. The number of carbonyl (C=O) groups excluding carboxylic acids is 1. The fourth-order valence-electron chi connectivity index (χ4n) is 3.59. The van der Waals surface area contributed by atoms with Crippen LogP contribution in [0.5, 0.6) is 5.75 Å². The number of hydrogen-bond donors (Lipinski definition) is 2. The van der Waals surface area contributed by atoms with Crippen LogP contribution in [0.25, 0.3) is 16.5 Å². The number of nitrogens with zero attached hydrogens (tertiary/aromatic N) is 3. The van der Waals surface area contributed by atoms with Crippen LogP contribution >= 0.6 is 11.3 Å². The molecule has 0 aliphatic heterocycles. The summed E-state index contributed by atoms with van der Waals surface area (Å²) in [7, 11) is 0. The number of nitrogens with one attached hydrogen (secondary N) is 2. The Hall–Kier alpha value is -3.79.